The second kappa shape index (κ2) is 7.58. The number of ether oxygens (including phenoxy) is 1. The SMILES string of the molecule is CCOC(=O)N1CCC(NC(=O)C23C[C@H]4C[C@@H](C2)CC(c2ccccc2)(C4)C3)CC1. The van der Waals surface area contributed by atoms with Gasteiger partial charge in [-0.05, 0) is 81.1 Å². The fourth-order valence-electron chi connectivity index (χ4n) is 7.42. The molecular formula is C25H34N2O3. The zero-order chi connectivity index (χ0) is 20.8. The Kier molecular flexibility index (Phi) is 5.03. The minimum absolute atomic E-state index is 0.170. The Labute approximate surface area is 179 Å². The van der Waals surface area contributed by atoms with Gasteiger partial charge < -0.3 is 15.0 Å². The molecule has 4 atom stereocenters. The monoisotopic (exact) mass is 410 g/mol. The van der Waals surface area contributed by atoms with E-state index < -0.39 is 0 Å². The molecule has 0 aromatic heterocycles. The third-order valence-electron chi connectivity index (χ3n) is 8.29. The van der Waals surface area contributed by atoms with E-state index in [-0.39, 0.29) is 28.9 Å². The van der Waals surface area contributed by atoms with E-state index in [0.717, 1.165) is 32.1 Å². The van der Waals surface area contributed by atoms with Crippen LogP contribution in [0.5, 0.6) is 0 Å². The minimum Gasteiger partial charge on any atom is -0.450 e. The molecule has 2 amide bonds. The molecule has 162 valence electrons. The van der Waals surface area contributed by atoms with E-state index in [4.69, 9.17) is 4.74 Å². The van der Waals surface area contributed by atoms with E-state index in [1.165, 1.54) is 24.8 Å². The summed E-state index contributed by atoms with van der Waals surface area (Å²) in [5.74, 6) is 1.65. The van der Waals surface area contributed by atoms with Crippen molar-refractivity contribution < 1.29 is 14.3 Å². The van der Waals surface area contributed by atoms with Crippen LogP contribution in [-0.2, 0) is 14.9 Å². The molecule has 4 aliphatic carbocycles. The van der Waals surface area contributed by atoms with Gasteiger partial charge in [0.05, 0.1) is 12.0 Å². The molecule has 4 saturated carbocycles. The first-order chi connectivity index (χ1) is 14.5. The number of hydrogen-bond donors (Lipinski definition) is 1. The molecule has 5 nitrogen and oxygen atoms in total. The number of carbonyl (C=O) groups is 2. The summed E-state index contributed by atoms with van der Waals surface area (Å²) in [5.41, 5.74) is 1.44. The molecule has 0 radical (unpaired) electrons. The lowest BCUT2D eigenvalue weighted by Gasteiger charge is -2.61. The Morgan fingerprint density at radius 2 is 1.73 bits per heavy atom. The third kappa shape index (κ3) is 3.40. The van der Waals surface area contributed by atoms with E-state index in [0.29, 0.717) is 31.5 Å². The average Bonchev–Trinajstić information content (AvgIpc) is 2.74. The lowest BCUT2D eigenvalue weighted by atomic mass is 9.42. The van der Waals surface area contributed by atoms with Gasteiger partial charge in [0.15, 0.2) is 0 Å². The van der Waals surface area contributed by atoms with Gasteiger partial charge in [0.25, 0.3) is 0 Å². The Balaban J connectivity index is 1.28. The molecule has 0 spiro atoms. The van der Waals surface area contributed by atoms with Gasteiger partial charge >= 0.3 is 6.09 Å². The smallest absolute Gasteiger partial charge is 0.409 e. The maximum Gasteiger partial charge on any atom is 0.409 e. The quantitative estimate of drug-likeness (QED) is 0.807. The zero-order valence-corrected chi connectivity index (χ0v) is 18.1. The van der Waals surface area contributed by atoms with Crippen LogP contribution in [0, 0.1) is 17.3 Å². The van der Waals surface area contributed by atoms with Crippen LogP contribution in [0.25, 0.3) is 0 Å². The first-order valence-electron chi connectivity index (χ1n) is 11.8. The van der Waals surface area contributed by atoms with Gasteiger partial charge in [-0.2, -0.15) is 0 Å². The third-order valence-corrected chi connectivity index (χ3v) is 8.29. The molecule has 5 fully saturated rings. The van der Waals surface area contributed by atoms with Crippen molar-refractivity contribution >= 4 is 12.0 Å². The highest BCUT2D eigenvalue weighted by atomic mass is 16.6. The number of nitrogens with zero attached hydrogens (tertiary/aromatic N) is 1. The molecule has 1 saturated heterocycles. The fourth-order valence-corrected chi connectivity index (χ4v) is 7.42. The molecule has 1 heterocycles. The van der Waals surface area contributed by atoms with Gasteiger partial charge in [-0.15, -0.1) is 0 Å². The van der Waals surface area contributed by atoms with Crippen molar-refractivity contribution in [3.63, 3.8) is 0 Å². The van der Waals surface area contributed by atoms with Gasteiger partial charge in [-0.1, -0.05) is 30.3 Å². The summed E-state index contributed by atoms with van der Waals surface area (Å²) in [6.07, 6.45) is 8.34. The molecule has 5 aliphatic rings. The van der Waals surface area contributed by atoms with Crippen LogP contribution in [0.4, 0.5) is 4.79 Å². The topological polar surface area (TPSA) is 58.6 Å². The average molecular weight is 411 g/mol. The second-order valence-electron chi connectivity index (χ2n) is 10.3. The molecule has 1 aromatic rings. The second-order valence-corrected chi connectivity index (χ2v) is 10.3. The number of amides is 2. The van der Waals surface area contributed by atoms with Crippen molar-refractivity contribution in [1.29, 1.82) is 0 Å². The Bertz CT molecular complexity index is 786. The normalized spacial score (nSPS) is 35.3. The number of rotatable bonds is 4. The Morgan fingerprint density at radius 3 is 2.37 bits per heavy atom. The summed E-state index contributed by atoms with van der Waals surface area (Å²) in [6.45, 7) is 3.56. The molecule has 5 heteroatoms. The molecular weight excluding hydrogens is 376 g/mol. The number of carbonyl (C=O) groups excluding carboxylic acids is 2. The Hall–Kier alpha value is -2.04. The molecule has 4 bridgehead atoms. The van der Waals surface area contributed by atoms with Crippen LogP contribution in [0.15, 0.2) is 30.3 Å². The summed E-state index contributed by atoms with van der Waals surface area (Å²) in [7, 11) is 0. The lowest BCUT2D eigenvalue weighted by Crippen LogP contribution is -2.60. The van der Waals surface area contributed by atoms with Crippen LogP contribution in [0.2, 0.25) is 0 Å². The molecule has 30 heavy (non-hydrogen) atoms. The van der Waals surface area contributed by atoms with Crippen molar-refractivity contribution in [1.82, 2.24) is 10.2 Å². The van der Waals surface area contributed by atoms with E-state index in [1.54, 1.807) is 4.90 Å². The van der Waals surface area contributed by atoms with Gasteiger partial charge in [0.2, 0.25) is 5.91 Å². The van der Waals surface area contributed by atoms with Crippen molar-refractivity contribution in [2.75, 3.05) is 19.7 Å². The van der Waals surface area contributed by atoms with E-state index in [9.17, 15) is 9.59 Å². The van der Waals surface area contributed by atoms with Crippen molar-refractivity contribution in [2.24, 2.45) is 17.3 Å². The minimum atomic E-state index is -0.229. The predicted molar refractivity (Wildman–Crippen MR) is 115 cm³/mol. The van der Waals surface area contributed by atoms with Crippen LogP contribution < -0.4 is 5.32 Å². The number of hydrogen-bond acceptors (Lipinski definition) is 3. The summed E-state index contributed by atoms with van der Waals surface area (Å²) < 4.78 is 5.12. The van der Waals surface area contributed by atoms with Gasteiger partial charge in [-0.25, -0.2) is 4.79 Å². The molecule has 6 rings (SSSR count). The van der Waals surface area contributed by atoms with Crippen molar-refractivity contribution in [3.8, 4) is 0 Å². The maximum absolute atomic E-state index is 13.6. The largest absolute Gasteiger partial charge is 0.450 e. The van der Waals surface area contributed by atoms with E-state index in [2.05, 4.69) is 35.6 Å². The summed E-state index contributed by atoms with van der Waals surface area (Å²) >= 11 is 0. The zero-order valence-electron chi connectivity index (χ0n) is 18.1. The summed E-state index contributed by atoms with van der Waals surface area (Å²) in [4.78, 5) is 27.3. The van der Waals surface area contributed by atoms with Crippen LogP contribution in [0.1, 0.15) is 63.9 Å². The first kappa shape index (κ1) is 19.9. The molecule has 1 N–H and O–H groups in total. The number of likely N-dealkylation sites (tertiary alicyclic amines) is 1. The van der Waals surface area contributed by atoms with Crippen molar-refractivity contribution in [3.05, 3.63) is 35.9 Å². The highest BCUT2D eigenvalue weighted by Crippen LogP contribution is 2.65. The molecule has 1 aromatic carbocycles. The van der Waals surface area contributed by atoms with E-state index in [1.807, 2.05) is 6.92 Å². The maximum atomic E-state index is 13.6. The van der Waals surface area contributed by atoms with Gasteiger partial charge in [-0.3, -0.25) is 4.79 Å². The number of piperidine rings is 1. The highest BCUT2D eigenvalue weighted by molar-refractivity contribution is 5.84. The van der Waals surface area contributed by atoms with Crippen LogP contribution in [-0.4, -0.2) is 42.6 Å². The predicted octanol–water partition coefficient (Wildman–Crippen LogP) is 4.26. The Morgan fingerprint density at radius 1 is 1.07 bits per heavy atom. The number of benzene rings is 1. The van der Waals surface area contributed by atoms with Gasteiger partial charge in [0, 0.05) is 19.1 Å². The van der Waals surface area contributed by atoms with Gasteiger partial charge in [0.1, 0.15) is 0 Å². The van der Waals surface area contributed by atoms with Crippen LogP contribution in [0.3, 0.4) is 0 Å². The number of nitrogens with one attached hydrogen (secondary N) is 1. The summed E-state index contributed by atoms with van der Waals surface area (Å²) in [6, 6.07) is 11.1. The lowest BCUT2D eigenvalue weighted by molar-refractivity contribution is -0.150. The molecule has 1 aliphatic heterocycles. The van der Waals surface area contributed by atoms with Crippen LogP contribution >= 0.6 is 0 Å². The first-order valence-corrected chi connectivity index (χ1v) is 11.8. The fraction of sp³-hybridized carbons (Fsp3) is 0.680. The highest BCUT2D eigenvalue weighted by Gasteiger charge is 2.61. The molecule has 2 unspecified atom stereocenters. The van der Waals surface area contributed by atoms with E-state index >= 15 is 0 Å². The standard InChI is InChI=1S/C25H34N2O3/c1-2-30-23(29)27-10-8-21(9-11-27)26-22(28)25-15-18-12-19(16-25)14-24(13-18,17-25)20-6-4-3-5-7-20/h3-7,18-19,21H,2,8-17H2,1H3,(H,26,28)/t18-,19+,24?,25?. The summed E-state index contributed by atoms with van der Waals surface area (Å²) in [5, 5.41) is 3.42. The van der Waals surface area contributed by atoms with Crippen molar-refractivity contribution in [2.45, 2.75) is 69.7 Å².